The fraction of sp³-hybridized carbons (Fsp3) is 0.0833. The number of hydrogen-bond donors (Lipinski definition) is 0. The Kier molecular flexibility index (Phi) is 3.47. The van der Waals surface area contributed by atoms with Crippen LogP contribution < -0.4 is 0 Å². The monoisotopic (exact) mass is 314 g/mol. The average molecular weight is 316 g/mol. The van der Waals surface area contributed by atoms with Gasteiger partial charge in [-0.2, -0.15) is 0 Å². The van der Waals surface area contributed by atoms with Gasteiger partial charge in [0, 0.05) is 10.0 Å². The van der Waals surface area contributed by atoms with Crippen LogP contribution in [0.1, 0.15) is 20.8 Å². The molecule has 1 aromatic heterocycles. The molecule has 16 heavy (non-hydrogen) atoms. The average Bonchev–Trinajstić information content (AvgIpc) is 2.64. The largest absolute Gasteiger partial charge is 0.288 e. The van der Waals surface area contributed by atoms with E-state index >= 15 is 0 Å². The number of hydrogen-bond acceptors (Lipinski definition) is 2. The van der Waals surface area contributed by atoms with Gasteiger partial charge >= 0.3 is 0 Å². The molecule has 0 aliphatic carbocycles. The van der Waals surface area contributed by atoms with Crippen molar-refractivity contribution in [2.24, 2.45) is 0 Å². The Hall–Kier alpha value is -0.640. The Bertz CT molecular complexity index is 548. The molecule has 0 spiro atoms. The predicted molar refractivity (Wildman–Crippen MR) is 71.6 cm³/mol. The summed E-state index contributed by atoms with van der Waals surface area (Å²) in [5, 5.41) is 0. The summed E-state index contributed by atoms with van der Waals surface area (Å²) in [6.07, 6.45) is 0. The third kappa shape index (κ3) is 2.37. The molecule has 0 N–H and O–H groups in total. The first-order valence-corrected chi connectivity index (χ1v) is 6.63. The topological polar surface area (TPSA) is 17.1 Å². The van der Waals surface area contributed by atoms with Crippen molar-refractivity contribution in [2.75, 3.05) is 0 Å². The summed E-state index contributed by atoms with van der Waals surface area (Å²) in [4.78, 5) is 12.8. The number of ketones is 1. The van der Waals surface area contributed by atoms with Crippen molar-refractivity contribution in [1.29, 1.82) is 0 Å². The number of aryl methyl sites for hydroxylation is 1. The van der Waals surface area contributed by atoms with Crippen LogP contribution in [0, 0.1) is 6.92 Å². The Morgan fingerprint density at radius 3 is 2.62 bits per heavy atom. The second-order valence-corrected chi connectivity index (χ2v) is 6.02. The van der Waals surface area contributed by atoms with Crippen LogP contribution in [-0.4, -0.2) is 5.78 Å². The first-order valence-electron chi connectivity index (χ1n) is 4.64. The first kappa shape index (κ1) is 11.8. The molecule has 82 valence electrons. The fourth-order valence-corrected chi connectivity index (χ4v) is 2.92. The van der Waals surface area contributed by atoms with Crippen molar-refractivity contribution in [3.05, 3.63) is 55.1 Å². The minimum Gasteiger partial charge on any atom is -0.288 e. The lowest BCUT2D eigenvalue weighted by Crippen LogP contribution is -2.01. The normalized spacial score (nSPS) is 10.4. The van der Waals surface area contributed by atoms with Gasteiger partial charge in [0.25, 0.3) is 0 Å². The molecule has 0 atom stereocenters. The van der Waals surface area contributed by atoms with Crippen LogP contribution in [0.2, 0.25) is 4.34 Å². The Morgan fingerprint density at radius 1 is 1.31 bits per heavy atom. The zero-order valence-electron chi connectivity index (χ0n) is 8.46. The third-order valence-corrected chi connectivity index (χ3v) is 3.95. The SMILES string of the molecule is Cc1cc(Br)ccc1C(=O)c1ccc(Cl)s1. The molecular weight excluding hydrogens is 308 g/mol. The molecule has 0 saturated heterocycles. The standard InChI is InChI=1S/C12H8BrClOS/c1-7-6-8(13)2-3-9(7)12(15)10-4-5-11(14)16-10/h2-6H,1H3. The molecule has 0 aliphatic heterocycles. The van der Waals surface area contributed by atoms with Crippen LogP contribution in [0.4, 0.5) is 0 Å². The van der Waals surface area contributed by atoms with Gasteiger partial charge in [-0.25, -0.2) is 0 Å². The van der Waals surface area contributed by atoms with Gasteiger partial charge in [0.2, 0.25) is 5.78 Å². The van der Waals surface area contributed by atoms with Crippen molar-refractivity contribution in [3.63, 3.8) is 0 Å². The summed E-state index contributed by atoms with van der Waals surface area (Å²) in [7, 11) is 0. The van der Waals surface area contributed by atoms with Crippen LogP contribution in [0.15, 0.2) is 34.8 Å². The van der Waals surface area contributed by atoms with Gasteiger partial charge in [0.1, 0.15) is 0 Å². The van der Waals surface area contributed by atoms with E-state index in [0.717, 1.165) is 15.6 Å². The van der Waals surface area contributed by atoms with E-state index < -0.39 is 0 Å². The van der Waals surface area contributed by atoms with Crippen LogP contribution in [-0.2, 0) is 0 Å². The highest BCUT2D eigenvalue weighted by Gasteiger charge is 2.13. The van der Waals surface area contributed by atoms with Gasteiger partial charge in [-0.15, -0.1) is 11.3 Å². The zero-order valence-corrected chi connectivity index (χ0v) is 11.6. The van der Waals surface area contributed by atoms with Gasteiger partial charge in [0.05, 0.1) is 9.21 Å². The maximum atomic E-state index is 12.1. The first-order chi connectivity index (χ1) is 7.58. The number of rotatable bonds is 2. The van der Waals surface area contributed by atoms with E-state index in [1.54, 1.807) is 12.1 Å². The molecule has 0 fully saturated rings. The fourth-order valence-electron chi connectivity index (χ4n) is 1.45. The maximum absolute atomic E-state index is 12.1. The third-order valence-electron chi connectivity index (χ3n) is 2.23. The predicted octanol–water partition coefficient (Wildman–Crippen LogP) is 4.70. The van der Waals surface area contributed by atoms with Crippen LogP contribution >= 0.6 is 38.9 Å². The van der Waals surface area contributed by atoms with Crippen LogP contribution in [0.25, 0.3) is 0 Å². The van der Waals surface area contributed by atoms with E-state index in [4.69, 9.17) is 11.6 Å². The lowest BCUT2D eigenvalue weighted by molar-refractivity contribution is 0.104. The lowest BCUT2D eigenvalue weighted by Gasteiger charge is -2.03. The van der Waals surface area contributed by atoms with E-state index in [1.807, 2.05) is 25.1 Å². The van der Waals surface area contributed by atoms with Gasteiger partial charge in [-0.3, -0.25) is 4.79 Å². The van der Waals surface area contributed by atoms with E-state index in [0.29, 0.717) is 9.21 Å². The van der Waals surface area contributed by atoms with Crippen molar-refractivity contribution < 1.29 is 4.79 Å². The van der Waals surface area contributed by atoms with E-state index in [9.17, 15) is 4.79 Å². The Balaban J connectivity index is 2.41. The second kappa shape index (κ2) is 4.70. The summed E-state index contributed by atoms with van der Waals surface area (Å²) in [6.45, 7) is 1.92. The summed E-state index contributed by atoms with van der Waals surface area (Å²) in [5.41, 5.74) is 1.69. The zero-order chi connectivity index (χ0) is 11.7. The molecule has 1 heterocycles. The summed E-state index contributed by atoms with van der Waals surface area (Å²) in [6, 6.07) is 9.14. The molecule has 0 unspecified atom stereocenters. The van der Waals surface area contributed by atoms with Crippen molar-refractivity contribution in [2.45, 2.75) is 6.92 Å². The van der Waals surface area contributed by atoms with Crippen molar-refractivity contribution >= 4 is 44.7 Å². The highest BCUT2D eigenvalue weighted by Crippen LogP contribution is 2.25. The lowest BCUT2D eigenvalue weighted by atomic mass is 10.0. The molecule has 2 rings (SSSR count). The van der Waals surface area contributed by atoms with Gasteiger partial charge in [-0.05, 0) is 42.8 Å². The van der Waals surface area contributed by atoms with Crippen LogP contribution in [0.5, 0.6) is 0 Å². The summed E-state index contributed by atoms with van der Waals surface area (Å²) >= 11 is 10.5. The minimum atomic E-state index is 0.0295. The van der Waals surface area contributed by atoms with Crippen molar-refractivity contribution in [1.82, 2.24) is 0 Å². The maximum Gasteiger partial charge on any atom is 0.203 e. The quantitative estimate of drug-likeness (QED) is 0.734. The number of benzene rings is 1. The highest BCUT2D eigenvalue weighted by molar-refractivity contribution is 9.10. The number of carbonyl (C=O) groups excluding carboxylic acids is 1. The molecule has 0 amide bonds. The molecular formula is C12H8BrClOS. The molecule has 0 radical (unpaired) electrons. The molecule has 1 aromatic carbocycles. The smallest absolute Gasteiger partial charge is 0.203 e. The number of halogens is 2. The Labute approximate surface area is 111 Å². The van der Waals surface area contributed by atoms with Crippen LogP contribution in [0.3, 0.4) is 0 Å². The number of carbonyl (C=O) groups is 1. The van der Waals surface area contributed by atoms with Crippen molar-refractivity contribution in [3.8, 4) is 0 Å². The molecule has 2 aromatic rings. The molecule has 4 heteroatoms. The van der Waals surface area contributed by atoms with E-state index in [2.05, 4.69) is 15.9 Å². The number of thiophene rings is 1. The Morgan fingerprint density at radius 2 is 2.06 bits per heavy atom. The summed E-state index contributed by atoms with van der Waals surface area (Å²) < 4.78 is 1.61. The van der Waals surface area contributed by atoms with Gasteiger partial charge < -0.3 is 0 Å². The molecule has 1 nitrogen and oxygen atoms in total. The minimum absolute atomic E-state index is 0.0295. The molecule has 0 aliphatic rings. The molecule has 0 saturated carbocycles. The van der Waals surface area contributed by atoms with E-state index in [1.165, 1.54) is 11.3 Å². The molecule has 0 bridgehead atoms. The van der Waals surface area contributed by atoms with Gasteiger partial charge in [0.15, 0.2) is 0 Å². The highest BCUT2D eigenvalue weighted by atomic mass is 79.9. The van der Waals surface area contributed by atoms with E-state index in [-0.39, 0.29) is 5.78 Å². The van der Waals surface area contributed by atoms with Gasteiger partial charge in [-0.1, -0.05) is 27.5 Å². The summed E-state index contributed by atoms with van der Waals surface area (Å²) in [5.74, 6) is 0.0295. The second-order valence-electron chi connectivity index (χ2n) is 3.39.